The van der Waals surface area contributed by atoms with Gasteiger partial charge in [0.25, 0.3) is 5.91 Å². The second-order valence-electron chi connectivity index (χ2n) is 6.72. The average molecular weight is 441 g/mol. The van der Waals surface area contributed by atoms with Crippen LogP contribution < -0.4 is 21.1 Å². The molecule has 2 atom stereocenters. The zero-order valence-electron chi connectivity index (χ0n) is 16.1. The van der Waals surface area contributed by atoms with Crippen molar-refractivity contribution in [1.82, 2.24) is 4.98 Å². The summed E-state index contributed by atoms with van der Waals surface area (Å²) in [6.07, 6.45) is 6.58. The molecule has 1 aromatic carbocycles. The molecule has 1 saturated carbocycles. The van der Waals surface area contributed by atoms with Crippen molar-refractivity contribution in [3.8, 4) is 5.75 Å². The highest BCUT2D eigenvalue weighted by Crippen LogP contribution is 2.30. The third-order valence-corrected chi connectivity index (χ3v) is 4.82. The van der Waals surface area contributed by atoms with E-state index in [1.807, 2.05) is 0 Å². The van der Waals surface area contributed by atoms with E-state index in [-0.39, 0.29) is 48.6 Å². The minimum Gasteiger partial charge on any atom is -0.494 e. The van der Waals surface area contributed by atoms with Crippen LogP contribution in [-0.4, -0.2) is 29.9 Å². The van der Waals surface area contributed by atoms with Crippen LogP contribution >= 0.6 is 24.8 Å². The van der Waals surface area contributed by atoms with Gasteiger partial charge in [0, 0.05) is 36.6 Å². The average Bonchev–Trinajstić information content (AvgIpc) is 3.08. The van der Waals surface area contributed by atoms with E-state index >= 15 is 0 Å². The molecule has 7 nitrogen and oxygen atoms in total. The number of carbonyl (C=O) groups excluding carboxylic acids is 2. The lowest BCUT2D eigenvalue weighted by molar-refractivity contribution is -0.117. The summed E-state index contributed by atoms with van der Waals surface area (Å²) < 4.78 is 5.35. The minimum absolute atomic E-state index is 0. The highest BCUT2D eigenvalue weighted by Gasteiger charge is 2.26. The van der Waals surface area contributed by atoms with Gasteiger partial charge in [-0.3, -0.25) is 14.6 Å². The Bertz CT molecular complexity index is 821. The molecule has 1 heterocycles. The summed E-state index contributed by atoms with van der Waals surface area (Å²) in [6, 6.07) is 8.59. The zero-order chi connectivity index (χ0) is 19.2. The normalized spacial score (nSPS) is 17.4. The predicted molar refractivity (Wildman–Crippen MR) is 118 cm³/mol. The molecular formula is C20H26Cl2N4O3. The van der Waals surface area contributed by atoms with Crippen molar-refractivity contribution in [2.75, 3.05) is 17.7 Å². The van der Waals surface area contributed by atoms with Crippen molar-refractivity contribution in [2.24, 2.45) is 11.7 Å². The van der Waals surface area contributed by atoms with Gasteiger partial charge in [0.2, 0.25) is 5.91 Å². The second-order valence-corrected chi connectivity index (χ2v) is 6.72. The number of benzene rings is 1. The predicted octanol–water partition coefficient (Wildman–Crippen LogP) is 3.64. The number of nitrogens with one attached hydrogen (secondary N) is 2. The van der Waals surface area contributed by atoms with E-state index in [0.717, 1.165) is 19.3 Å². The first-order chi connectivity index (χ1) is 13.1. The molecule has 2 amide bonds. The van der Waals surface area contributed by atoms with Crippen molar-refractivity contribution in [1.29, 1.82) is 0 Å². The fourth-order valence-electron chi connectivity index (χ4n) is 3.33. The lowest BCUT2D eigenvalue weighted by Gasteiger charge is -2.16. The Labute approximate surface area is 182 Å². The van der Waals surface area contributed by atoms with Crippen LogP contribution in [0, 0.1) is 5.92 Å². The Hall–Kier alpha value is -2.35. The summed E-state index contributed by atoms with van der Waals surface area (Å²) in [5.41, 5.74) is 7.61. The number of rotatable bonds is 6. The van der Waals surface area contributed by atoms with Crippen LogP contribution in [0.4, 0.5) is 11.4 Å². The van der Waals surface area contributed by atoms with Crippen LogP contribution in [0.5, 0.6) is 5.75 Å². The Morgan fingerprint density at radius 1 is 1.21 bits per heavy atom. The van der Waals surface area contributed by atoms with Crippen LogP contribution in [-0.2, 0) is 4.79 Å². The van der Waals surface area contributed by atoms with Gasteiger partial charge >= 0.3 is 0 Å². The number of nitrogens with zero attached hydrogens (tertiary/aromatic N) is 1. The van der Waals surface area contributed by atoms with Crippen LogP contribution in [0.3, 0.4) is 0 Å². The van der Waals surface area contributed by atoms with Crippen molar-refractivity contribution in [2.45, 2.75) is 31.7 Å². The number of carbonyl (C=O) groups is 2. The smallest absolute Gasteiger partial charge is 0.257 e. The molecule has 0 bridgehead atoms. The lowest BCUT2D eigenvalue weighted by Crippen LogP contribution is -2.28. The molecule has 1 aliphatic carbocycles. The standard InChI is InChI=1S/C20H24N4O3.2ClH/c1-27-18-11-15(23-19(25)10-13-4-2-6-16(13)21)7-8-17(18)24-20(26)14-5-3-9-22-12-14;;/h3,5,7-9,11-13,16H,2,4,6,10,21H2,1H3,(H,23,25)(H,24,26);2*1H/t13-,16+;;/m0../s1. The molecule has 9 heteroatoms. The SMILES string of the molecule is COc1cc(NC(=O)C[C@@H]2CCC[C@H]2N)ccc1NC(=O)c1cccnc1.Cl.Cl. The van der Waals surface area contributed by atoms with Crippen LogP contribution in [0.1, 0.15) is 36.0 Å². The molecule has 0 unspecified atom stereocenters. The van der Waals surface area contributed by atoms with E-state index < -0.39 is 0 Å². The largest absolute Gasteiger partial charge is 0.494 e. The van der Waals surface area contributed by atoms with Gasteiger partial charge in [-0.25, -0.2) is 0 Å². The van der Waals surface area contributed by atoms with Crippen molar-refractivity contribution < 1.29 is 14.3 Å². The Balaban J connectivity index is 0.00000210. The molecule has 0 spiro atoms. The summed E-state index contributed by atoms with van der Waals surface area (Å²) >= 11 is 0. The molecule has 1 aromatic heterocycles. The van der Waals surface area contributed by atoms with Gasteiger partial charge in [-0.2, -0.15) is 0 Å². The fourth-order valence-corrected chi connectivity index (χ4v) is 3.33. The van der Waals surface area contributed by atoms with Gasteiger partial charge in [-0.15, -0.1) is 24.8 Å². The quantitative estimate of drug-likeness (QED) is 0.635. The first-order valence-electron chi connectivity index (χ1n) is 9.01. The van der Waals surface area contributed by atoms with Crippen LogP contribution in [0.25, 0.3) is 0 Å². The summed E-state index contributed by atoms with van der Waals surface area (Å²) in [5.74, 6) is 0.354. The molecule has 158 valence electrons. The van der Waals surface area contributed by atoms with Gasteiger partial charge in [0.1, 0.15) is 5.75 Å². The second kappa shape index (κ2) is 11.6. The van der Waals surface area contributed by atoms with Gasteiger partial charge < -0.3 is 21.1 Å². The Morgan fingerprint density at radius 2 is 2.00 bits per heavy atom. The number of hydrogen-bond donors (Lipinski definition) is 3. The number of pyridine rings is 1. The van der Waals surface area contributed by atoms with E-state index in [2.05, 4.69) is 15.6 Å². The van der Waals surface area contributed by atoms with Crippen molar-refractivity contribution in [3.05, 3.63) is 48.3 Å². The maximum Gasteiger partial charge on any atom is 0.257 e. The molecule has 0 aliphatic heterocycles. The highest BCUT2D eigenvalue weighted by molar-refractivity contribution is 6.05. The van der Waals surface area contributed by atoms with E-state index in [9.17, 15) is 9.59 Å². The maximum absolute atomic E-state index is 12.3. The van der Waals surface area contributed by atoms with Crippen LogP contribution in [0.2, 0.25) is 0 Å². The zero-order valence-corrected chi connectivity index (χ0v) is 17.7. The molecule has 2 aromatic rings. The number of hydrogen-bond acceptors (Lipinski definition) is 5. The number of halogens is 2. The number of ether oxygens (including phenoxy) is 1. The molecular weight excluding hydrogens is 415 g/mol. The molecule has 4 N–H and O–H groups in total. The number of nitrogens with two attached hydrogens (primary N) is 1. The molecule has 0 radical (unpaired) electrons. The summed E-state index contributed by atoms with van der Waals surface area (Å²) in [6.45, 7) is 0. The first kappa shape index (κ1) is 24.7. The Kier molecular flexibility index (Phi) is 9.88. The minimum atomic E-state index is -0.284. The summed E-state index contributed by atoms with van der Waals surface area (Å²) in [4.78, 5) is 28.5. The van der Waals surface area contributed by atoms with E-state index in [1.54, 1.807) is 36.5 Å². The number of aromatic nitrogens is 1. The monoisotopic (exact) mass is 440 g/mol. The molecule has 29 heavy (non-hydrogen) atoms. The third-order valence-electron chi connectivity index (χ3n) is 4.82. The van der Waals surface area contributed by atoms with E-state index in [4.69, 9.17) is 10.5 Å². The summed E-state index contributed by atoms with van der Waals surface area (Å²) in [7, 11) is 1.51. The number of amides is 2. The van der Waals surface area contributed by atoms with Crippen molar-refractivity contribution >= 4 is 48.0 Å². The van der Waals surface area contributed by atoms with Gasteiger partial charge in [0.05, 0.1) is 18.4 Å². The fraction of sp³-hybridized carbons (Fsp3) is 0.350. The van der Waals surface area contributed by atoms with Crippen molar-refractivity contribution in [3.63, 3.8) is 0 Å². The van der Waals surface area contributed by atoms with Crippen LogP contribution in [0.15, 0.2) is 42.7 Å². The molecule has 3 rings (SSSR count). The lowest BCUT2D eigenvalue weighted by atomic mass is 10.00. The Morgan fingerprint density at radius 3 is 2.62 bits per heavy atom. The maximum atomic E-state index is 12.3. The topological polar surface area (TPSA) is 106 Å². The van der Waals surface area contributed by atoms with Gasteiger partial charge in [-0.05, 0) is 43.0 Å². The van der Waals surface area contributed by atoms with E-state index in [1.165, 1.54) is 13.3 Å². The number of methoxy groups -OCH3 is 1. The molecule has 1 aliphatic rings. The van der Waals surface area contributed by atoms with Gasteiger partial charge in [-0.1, -0.05) is 6.42 Å². The highest BCUT2D eigenvalue weighted by atomic mass is 35.5. The molecule has 0 saturated heterocycles. The number of anilines is 2. The van der Waals surface area contributed by atoms with E-state index in [0.29, 0.717) is 29.1 Å². The van der Waals surface area contributed by atoms with Gasteiger partial charge in [0.15, 0.2) is 0 Å². The molecule has 1 fully saturated rings. The third kappa shape index (κ3) is 6.59. The summed E-state index contributed by atoms with van der Waals surface area (Å²) in [5, 5.41) is 5.67. The first-order valence-corrected chi connectivity index (χ1v) is 9.01.